The van der Waals surface area contributed by atoms with E-state index in [0.29, 0.717) is 6.61 Å². The van der Waals surface area contributed by atoms with Crippen molar-refractivity contribution in [3.8, 4) is 5.75 Å². The fourth-order valence-corrected chi connectivity index (χ4v) is 3.34. The monoisotopic (exact) mass is 403 g/mol. The third-order valence-electron chi connectivity index (χ3n) is 4.06. The Hall–Kier alpha value is -2.11. The van der Waals surface area contributed by atoms with Crippen LogP contribution in [-0.2, 0) is 13.0 Å². The Kier molecular flexibility index (Phi) is 8.55. The van der Waals surface area contributed by atoms with Crippen LogP contribution in [0.3, 0.4) is 0 Å². The molecule has 0 aliphatic carbocycles. The molecule has 0 amide bonds. The van der Waals surface area contributed by atoms with E-state index >= 15 is 0 Å². The van der Waals surface area contributed by atoms with E-state index in [1.165, 1.54) is 24.8 Å². The van der Waals surface area contributed by atoms with Crippen molar-refractivity contribution in [2.24, 2.45) is 0 Å². The van der Waals surface area contributed by atoms with Gasteiger partial charge < -0.3 is 10.1 Å². The van der Waals surface area contributed by atoms with Crippen LogP contribution in [0, 0.1) is 6.92 Å². The van der Waals surface area contributed by atoms with Crippen molar-refractivity contribution in [3.63, 3.8) is 0 Å². The molecule has 6 heteroatoms. The fraction of sp³-hybridized carbons (Fsp3) is 0.333. The molecule has 1 N–H and O–H groups in total. The number of anilines is 2. The standard InChI is InChI=1S/C21H25N3OS.ClH/c1-3-4-6-11-18-12-19(25-14-17-9-7-5-8-10-17)20(22-13-18)24-21-23-16(2)15-26-21;/h5,7-10,12-13,15H,3-4,6,11,14H2,1-2H3,(H,22,23,24);1H. The zero-order chi connectivity index (χ0) is 18.2. The van der Waals surface area contributed by atoms with Crippen LogP contribution in [0.15, 0.2) is 48.0 Å². The number of aromatic nitrogens is 2. The minimum Gasteiger partial charge on any atom is -0.485 e. The number of benzene rings is 1. The molecular weight excluding hydrogens is 378 g/mol. The smallest absolute Gasteiger partial charge is 0.188 e. The number of nitrogens with zero attached hydrogens (tertiary/aromatic N) is 2. The van der Waals surface area contributed by atoms with E-state index in [9.17, 15) is 0 Å². The van der Waals surface area contributed by atoms with Gasteiger partial charge in [-0.1, -0.05) is 50.1 Å². The summed E-state index contributed by atoms with van der Waals surface area (Å²) in [4.78, 5) is 9.07. The summed E-state index contributed by atoms with van der Waals surface area (Å²) in [6.07, 6.45) is 6.59. The van der Waals surface area contributed by atoms with Crippen molar-refractivity contribution in [1.82, 2.24) is 9.97 Å². The highest BCUT2D eigenvalue weighted by Crippen LogP contribution is 2.29. The lowest BCUT2D eigenvalue weighted by atomic mass is 10.1. The Morgan fingerprint density at radius 3 is 2.63 bits per heavy atom. The molecule has 0 aliphatic rings. The highest BCUT2D eigenvalue weighted by atomic mass is 35.5. The number of thiazole rings is 1. The molecule has 0 atom stereocenters. The first-order chi connectivity index (χ1) is 12.7. The van der Waals surface area contributed by atoms with Crippen molar-refractivity contribution in [2.45, 2.75) is 46.1 Å². The maximum absolute atomic E-state index is 6.10. The van der Waals surface area contributed by atoms with Gasteiger partial charge in [0, 0.05) is 11.6 Å². The molecule has 0 aliphatic heterocycles. The lowest BCUT2D eigenvalue weighted by molar-refractivity contribution is 0.306. The molecule has 0 unspecified atom stereocenters. The molecule has 3 aromatic rings. The maximum Gasteiger partial charge on any atom is 0.188 e. The molecular formula is C21H26ClN3OS. The number of nitrogens with one attached hydrogen (secondary N) is 1. The van der Waals surface area contributed by atoms with Gasteiger partial charge in [-0.2, -0.15) is 0 Å². The zero-order valence-electron chi connectivity index (χ0n) is 15.8. The molecule has 4 nitrogen and oxygen atoms in total. The van der Waals surface area contributed by atoms with Gasteiger partial charge in [0.25, 0.3) is 0 Å². The molecule has 0 saturated carbocycles. The first-order valence-corrected chi connectivity index (χ1v) is 9.97. The van der Waals surface area contributed by atoms with Crippen LogP contribution >= 0.6 is 23.7 Å². The summed E-state index contributed by atoms with van der Waals surface area (Å²) in [5.74, 6) is 1.49. The Labute approximate surface area is 171 Å². The number of unbranched alkanes of at least 4 members (excludes halogenated alkanes) is 2. The Balaban J connectivity index is 0.00000261. The molecule has 3 rings (SSSR count). The average molecular weight is 404 g/mol. The van der Waals surface area contributed by atoms with Gasteiger partial charge in [0.2, 0.25) is 0 Å². The Morgan fingerprint density at radius 2 is 1.93 bits per heavy atom. The predicted octanol–water partition coefficient (Wildman–Crippen LogP) is 6.32. The van der Waals surface area contributed by atoms with E-state index < -0.39 is 0 Å². The van der Waals surface area contributed by atoms with Crippen LogP contribution in [0.4, 0.5) is 10.9 Å². The van der Waals surface area contributed by atoms with Crippen LogP contribution in [0.25, 0.3) is 0 Å². The number of ether oxygens (including phenoxy) is 1. The van der Waals surface area contributed by atoms with Crippen LogP contribution in [0.2, 0.25) is 0 Å². The summed E-state index contributed by atoms with van der Waals surface area (Å²) in [6.45, 7) is 4.72. The third kappa shape index (κ3) is 6.52. The van der Waals surface area contributed by atoms with E-state index in [2.05, 4.69) is 40.4 Å². The summed E-state index contributed by atoms with van der Waals surface area (Å²) in [5, 5.41) is 6.15. The van der Waals surface area contributed by atoms with Crippen molar-refractivity contribution >= 4 is 34.7 Å². The Morgan fingerprint density at radius 1 is 1.11 bits per heavy atom. The first-order valence-electron chi connectivity index (χ1n) is 9.09. The van der Waals surface area contributed by atoms with E-state index in [1.54, 1.807) is 11.3 Å². The molecule has 0 saturated heterocycles. The molecule has 0 radical (unpaired) electrons. The second kappa shape index (κ2) is 10.9. The SMILES string of the molecule is CCCCCc1cnc(Nc2nc(C)cs2)c(OCc2ccccc2)c1.Cl. The second-order valence-electron chi connectivity index (χ2n) is 6.34. The van der Waals surface area contributed by atoms with Crippen molar-refractivity contribution in [1.29, 1.82) is 0 Å². The number of hydrogen-bond donors (Lipinski definition) is 1. The van der Waals surface area contributed by atoms with Gasteiger partial charge in [-0.3, -0.25) is 0 Å². The number of aryl methyl sites for hydroxylation is 2. The summed E-state index contributed by atoms with van der Waals surface area (Å²) < 4.78 is 6.10. The minimum absolute atomic E-state index is 0. The quantitative estimate of drug-likeness (QED) is 0.424. The van der Waals surface area contributed by atoms with Gasteiger partial charge >= 0.3 is 0 Å². The summed E-state index contributed by atoms with van der Waals surface area (Å²) in [5.41, 5.74) is 3.35. The van der Waals surface area contributed by atoms with Gasteiger partial charge in [0.1, 0.15) is 6.61 Å². The summed E-state index contributed by atoms with van der Waals surface area (Å²) >= 11 is 1.57. The summed E-state index contributed by atoms with van der Waals surface area (Å²) in [6, 6.07) is 12.3. The topological polar surface area (TPSA) is 47.0 Å². The largest absolute Gasteiger partial charge is 0.485 e. The average Bonchev–Trinajstić information content (AvgIpc) is 3.07. The highest BCUT2D eigenvalue weighted by molar-refractivity contribution is 7.13. The van der Waals surface area contributed by atoms with E-state index in [-0.39, 0.29) is 12.4 Å². The molecule has 2 aromatic heterocycles. The van der Waals surface area contributed by atoms with Gasteiger partial charge in [0.05, 0.1) is 5.69 Å². The molecule has 144 valence electrons. The van der Waals surface area contributed by atoms with Crippen LogP contribution in [0.1, 0.15) is 43.0 Å². The normalized spacial score (nSPS) is 10.3. The van der Waals surface area contributed by atoms with Crippen LogP contribution < -0.4 is 10.1 Å². The number of hydrogen-bond acceptors (Lipinski definition) is 5. The van der Waals surface area contributed by atoms with Crippen molar-refractivity contribution < 1.29 is 4.74 Å². The second-order valence-corrected chi connectivity index (χ2v) is 7.20. The van der Waals surface area contributed by atoms with Crippen molar-refractivity contribution in [2.75, 3.05) is 5.32 Å². The van der Waals surface area contributed by atoms with Gasteiger partial charge in [-0.05, 0) is 37.0 Å². The summed E-state index contributed by atoms with van der Waals surface area (Å²) in [7, 11) is 0. The van der Waals surface area contributed by atoms with Crippen LogP contribution in [-0.4, -0.2) is 9.97 Å². The third-order valence-corrected chi connectivity index (χ3v) is 4.94. The van der Waals surface area contributed by atoms with E-state index in [0.717, 1.165) is 34.4 Å². The van der Waals surface area contributed by atoms with E-state index in [1.807, 2.05) is 36.7 Å². The Bertz CT molecular complexity index is 823. The number of halogens is 1. The molecule has 1 aromatic carbocycles. The number of pyridine rings is 1. The minimum atomic E-state index is 0. The molecule has 2 heterocycles. The van der Waals surface area contributed by atoms with Crippen molar-refractivity contribution in [3.05, 3.63) is 64.8 Å². The first kappa shape index (κ1) is 21.2. The highest BCUT2D eigenvalue weighted by Gasteiger charge is 2.10. The molecule has 0 fully saturated rings. The number of rotatable bonds is 9. The van der Waals surface area contributed by atoms with Gasteiger partial charge in [-0.25, -0.2) is 9.97 Å². The molecule has 0 spiro atoms. The molecule has 27 heavy (non-hydrogen) atoms. The van der Waals surface area contributed by atoms with Gasteiger partial charge in [-0.15, -0.1) is 23.7 Å². The van der Waals surface area contributed by atoms with Crippen LogP contribution in [0.5, 0.6) is 5.75 Å². The predicted molar refractivity (Wildman–Crippen MR) is 116 cm³/mol. The fourth-order valence-electron chi connectivity index (χ4n) is 2.65. The lowest BCUT2D eigenvalue weighted by Crippen LogP contribution is -2.02. The van der Waals surface area contributed by atoms with E-state index in [4.69, 9.17) is 4.74 Å². The molecule has 0 bridgehead atoms. The van der Waals surface area contributed by atoms with Gasteiger partial charge in [0.15, 0.2) is 16.7 Å². The zero-order valence-corrected chi connectivity index (χ0v) is 17.4. The lowest BCUT2D eigenvalue weighted by Gasteiger charge is -2.13. The maximum atomic E-state index is 6.10.